The van der Waals surface area contributed by atoms with E-state index < -0.39 is 5.54 Å². The molecule has 2 aromatic carbocycles. The molecule has 0 unspecified atom stereocenters. The van der Waals surface area contributed by atoms with E-state index >= 15 is 0 Å². The van der Waals surface area contributed by atoms with Crippen molar-refractivity contribution in [2.45, 2.75) is 64.5 Å². The second kappa shape index (κ2) is 10.1. The molecule has 1 fully saturated rings. The van der Waals surface area contributed by atoms with Gasteiger partial charge in [0.1, 0.15) is 11.3 Å². The standard InChI is InChI=1S/C30H33N3O3/c1-21-10-8-11-22(2)28(21)32-29(35)30(15-6-3-7-16-30)33(20-24-12-9-17-36-24)27(34)18-23-19-31-26-14-5-4-13-25(23)26/h4-5,8-14,17,19,31H,3,6-7,15-16,18,20H2,1-2H3,(H,32,35). The Morgan fingerprint density at radius 2 is 1.72 bits per heavy atom. The van der Waals surface area contributed by atoms with Crippen molar-refractivity contribution in [3.8, 4) is 0 Å². The third kappa shape index (κ3) is 4.55. The maximum Gasteiger partial charge on any atom is 0.250 e. The van der Waals surface area contributed by atoms with Crippen LogP contribution >= 0.6 is 0 Å². The number of furan rings is 1. The van der Waals surface area contributed by atoms with Gasteiger partial charge in [-0.05, 0) is 61.6 Å². The molecule has 1 aliphatic carbocycles. The van der Waals surface area contributed by atoms with Crippen LogP contribution in [0.25, 0.3) is 10.9 Å². The van der Waals surface area contributed by atoms with Gasteiger partial charge in [-0.2, -0.15) is 0 Å². The van der Waals surface area contributed by atoms with Crippen molar-refractivity contribution in [3.63, 3.8) is 0 Å². The Hall–Kier alpha value is -3.80. The molecule has 0 radical (unpaired) electrons. The number of aromatic nitrogens is 1. The SMILES string of the molecule is Cc1cccc(C)c1NC(=O)C1(N(Cc2ccco2)C(=O)Cc2c[nH]c3ccccc23)CCCCC1. The fraction of sp³-hybridized carbons (Fsp3) is 0.333. The van der Waals surface area contributed by atoms with E-state index in [1.165, 1.54) is 0 Å². The lowest BCUT2D eigenvalue weighted by Crippen LogP contribution is -2.60. The fourth-order valence-electron chi connectivity index (χ4n) is 5.57. The normalized spacial score (nSPS) is 15.1. The molecule has 0 bridgehead atoms. The van der Waals surface area contributed by atoms with Gasteiger partial charge in [-0.25, -0.2) is 0 Å². The molecule has 2 amide bonds. The van der Waals surface area contributed by atoms with Crippen LogP contribution in [-0.4, -0.2) is 27.2 Å². The van der Waals surface area contributed by atoms with Gasteiger partial charge >= 0.3 is 0 Å². The summed E-state index contributed by atoms with van der Waals surface area (Å²) in [5.74, 6) is 0.486. The van der Waals surface area contributed by atoms with E-state index in [9.17, 15) is 9.59 Å². The van der Waals surface area contributed by atoms with Crippen molar-refractivity contribution in [2.75, 3.05) is 5.32 Å². The van der Waals surface area contributed by atoms with Crippen LogP contribution in [0.1, 0.15) is 54.6 Å². The molecule has 1 aliphatic rings. The molecule has 0 atom stereocenters. The number of carbonyl (C=O) groups excluding carboxylic acids is 2. The third-order valence-electron chi connectivity index (χ3n) is 7.55. The topological polar surface area (TPSA) is 78.3 Å². The number of rotatable bonds is 7. The van der Waals surface area contributed by atoms with Gasteiger partial charge in [-0.15, -0.1) is 0 Å². The van der Waals surface area contributed by atoms with Crippen molar-refractivity contribution in [1.29, 1.82) is 0 Å². The summed E-state index contributed by atoms with van der Waals surface area (Å²) in [6, 6.07) is 17.7. The van der Waals surface area contributed by atoms with Gasteiger partial charge in [0.25, 0.3) is 0 Å². The maximum atomic E-state index is 14.1. The lowest BCUT2D eigenvalue weighted by atomic mass is 9.78. The summed E-state index contributed by atoms with van der Waals surface area (Å²) >= 11 is 0. The highest BCUT2D eigenvalue weighted by atomic mass is 16.3. The van der Waals surface area contributed by atoms with E-state index in [0.717, 1.165) is 52.5 Å². The van der Waals surface area contributed by atoms with Crippen molar-refractivity contribution in [3.05, 3.63) is 89.5 Å². The number of aryl methyl sites for hydroxylation is 2. The largest absolute Gasteiger partial charge is 0.467 e. The van der Waals surface area contributed by atoms with Crippen molar-refractivity contribution >= 4 is 28.4 Å². The Kier molecular flexibility index (Phi) is 6.68. The van der Waals surface area contributed by atoms with Gasteiger partial charge in [0.2, 0.25) is 11.8 Å². The van der Waals surface area contributed by atoms with E-state index in [4.69, 9.17) is 4.42 Å². The van der Waals surface area contributed by atoms with E-state index in [-0.39, 0.29) is 24.8 Å². The number of hydrogen-bond donors (Lipinski definition) is 2. The molecule has 6 heteroatoms. The minimum atomic E-state index is -0.942. The van der Waals surface area contributed by atoms with E-state index in [1.54, 1.807) is 11.2 Å². The number of amides is 2. The van der Waals surface area contributed by atoms with Crippen LogP contribution < -0.4 is 5.32 Å². The zero-order valence-corrected chi connectivity index (χ0v) is 21.0. The van der Waals surface area contributed by atoms with Gasteiger partial charge in [0.15, 0.2) is 0 Å². The molecular formula is C30H33N3O3. The first-order valence-corrected chi connectivity index (χ1v) is 12.7. The molecule has 36 heavy (non-hydrogen) atoms. The van der Waals surface area contributed by atoms with Crippen LogP contribution in [0.15, 0.2) is 71.5 Å². The molecule has 5 rings (SSSR count). The van der Waals surface area contributed by atoms with Crippen LogP contribution in [0.2, 0.25) is 0 Å². The highest BCUT2D eigenvalue weighted by molar-refractivity contribution is 6.02. The maximum absolute atomic E-state index is 14.1. The molecule has 4 aromatic rings. The first-order chi connectivity index (χ1) is 17.5. The van der Waals surface area contributed by atoms with Crippen LogP contribution in [0.5, 0.6) is 0 Å². The Morgan fingerprint density at radius 3 is 2.44 bits per heavy atom. The second-order valence-electron chi connectivity index (χ2n) is 9.91. The molecule has 0 aliphatic heterocycles. The first kappa shape index (κ1) is 23.9. The first-order valence-electron chi connectivity index (χ1n) is 12.7. The summed E-state index contributed by atoms with van der Waals surface area (Å²) in [5.41, 5.74) is 3.84. The molecule has 1 saturated carbocycles. The lowest BCUT2D eigenvalue weighted by Gasteiger charge is -2.45. The van der Waals surface area contributed by atoms with Crippen molar-refractivity contribution < 1.29 is 14.0 Å². The third-order valence-corrected chi connectivity index (χ3v) is 7.55. The number of carbonyl (C=O) groups is 2. The number of benzene rings is 2. The minimum Gasteiger partial charge on any atom is -0.467 e. The number of fused-ring (bicyclic) bond motifs is 1. The van der Waals surface area contributed by atoms with Crippen molar-refractivity contribution in [1.82, 2.24) is 9.88 Å². The Bertz CT molecular complexity index is 1340. The minimum absolute atomic E-state index is 0.0743. The highest BCUT2D eigenvalue weighted by Crippen LogP contribution is 2.37. The second-order valence-corrected chi connectivity index (χ2v) is 9.91. The van der Waals surface area contributed by atoms with Crippen LogP contribution in [-0.2, 0) is 22.6 Å². The smallest absolute Gasteiger partial charge is 0.250 e. The Balaban J connectivity index is 1.52. The number of nitrogens with zero attached hydrogens (tertiary/aromatic N) is 1. The average molecular weight is 484 g/mol. The highest BCUT2D eigenvalue weighted by Gasteiger charge is 2.47. The van der Waals surface area contributed by atoms with Gasteiger partial charge in [0, 0.05) is 22.8 Å². The summed E-state index contributed by atoms with van der Waals surface area (Å²) in [7, 11) is 0. The summed E-state index contributed by atoms with van der Waals surface area (Å²) in [6.07, 6.45) is 7.84. The van der Waals surface area contributed by atoms with E-state index in [2.05, 4.69) is 10.3 Å². The number of nitrogens with one attached hydrogen (secondary N) is 2. The monoisotopic (exact) mass is 483 g/mol. The number of hydrogen-bond acceptors (Lipinski definition) is 3. The fourth-order valence-corrected chi connectivity index (χ4v) is 5.57. The summed E-state index contributed by atoms with van der Waals surface area (Å²) in [5, 5.41) is 4.25. The zero-order valence-electron chi connectivity index (χ0n) is 21.0. The van der Waals surface area contributed by atoms with Crippen LogP contribution in [0.4, 0.5) is 5.69 Å². The van der Waals surface area contributed by atoms with Crippen molar-refractivity contribution in [2.24, 2.45) is 0 Å². The van der Waals surface area contributed by atoms with Gasteiger partial charge in [0.05, 0.1) is 19.2 Å². The predicted octanol–water partition coefficient (Wildman–Crippen LogP) is 6.29. The summed E-state index contributed by atoms with van der Waals surface area (Å²) < 4.78 is 5.66. The molecule has 2 aromatic heterocycles. The summed E-state index contributed by atoms with van der Waals surface area (Å²) in [4.78, 5) is 33.3. The number of H-pyrrole nitrogens is 1. The molecule has 2 N–H and O–H groups in total. The zero-order chi connectivity index (χ0) is 25.1. The molecule has 6 nitrogen and oxygen atoms in total. The molecule has 0 saturated heterocycles. The number of para-hydroxylation sites is 2. The van der Waals surface area contributed by atoms with Crippen LogP contribution in [0, 0.1) is 13.8 Å². The Morgan fingerprint density at radius 1 is 0.972 bits per heavy atom. The molecule has 186 valence electrons. The summed E-state index contributed by atoms with van der Waals surface area (Å²) in [6.45, 7) is 4.26. The van der Waals surface area contributed by atoms with E-state index in [1.807, 2.05) is 74.6 Å². The lowest BCUT2D eigenvalue weighted by molar-refractivity contribution is -0.148. The average Bonchev–Trinajstić information content (AvgIpc) is 3.55. The quantitative estimate of drug-likeness (QED) is 0.324. The number of anilines is 1. The predicted molar refractivity (Wildman–Crippen MR) is 142 cm³/mol. The molecule has 0 spiro atoms. The van der Waals surface area contributed by atoms with Gasteiger partial charge in [-0.1, -0.05) is 55.7 Å². The van der Waals surface area contributed by atoms with E-state index in [0.29, 0.717) is 18.6 Å². The van der Waals surface area contributed by atoms with Gasteiger partial charge < -0.3 is 19.6 Å². The molecule has 2 heterocycles. The van der Waals surface area contributed by atoms with Crippen LogP contribution in [0.3, 0.4) is 0 Å². The number of aromatic amines is 1. The Labute approximate surface area is 211 Å². The molecular weight excluding hydrogens is 450 g/mol. The van der Waals surface area contributed by atoms with Gasteiger partial charge in [-0.3, -0.25) is 9.59 Å².